The summed E-state index contributed by atoms with van der Waals surface area (Å²) in [6.45, 7) is 1.60. The van der Waals surface area contributed by atoms with Crippen molar-refractivity contribution >= 4 is 38.2 Å². The molecule has 1 aromatic heterocycles. The van der Waals surface area contributed by atoms with Gasteiger partial charge in [-0.3, -0.25) is 9.59 Å². The van der Waals surface area contributed by atoms with Gasteiger partial charge in [0.05, 0.1) is 4.90 Å². The summed E-state index contributed by atoms with van der Waals surface area (Å²) in [5, 5.41) is 12.0. The van der Waals surface area contributed by atoms with Crippen LogP contribution in [-0.4, -0.2) is 48.2 Å². The summed E-state index contributed by atoms with van der Waals surface area (Å²) >= 11 is 1.32. The minimum atomic E-state index is -3.69. The van der Waals surface area contributed by atoms with E-state index < -0.39 is 10.0 Å². The van der Waals surface area contributed by atoms with Crippen molar-refractivity contribution in [2.75, 3.05) is 18.9 Å². The number of hydrogen-bond acceptors (Lipinski definition) is 7. The molecule has 10 heteroatoms. The molecule has 0 saturated carbocycles. The topological polar surface area (TPSA) is 109 Å². The average molecular weight is 473 g/mol. The Kier molecular flexibility index (Phi) is 7.84. The Hall–Kier alpha value is -2.95. The summed E-state index contributed by atoms with van der Waals surface area (Å²) in [4.78, 5) is 23.7. The van der Waals surface area contributed by atoms with E-state index in [-0.39, 0.29) is 29.6 Å². The lowest BCUT2D eigenvalue weighted by atomic mass is 10.2. The molecule has 168 valence electrons. The maximum Gasteiger partial charge on any atom is 0.242 e. The van der Waals surface area contributed by atoms with Crippen LogP contribution in [0.3, 0.4) is 0 Å². The van der Waals surface area contributed by atoms with E-state index in [1.54, 1.807) is 0 Å². The van der Waals surface area contributed by atoms with E-state index in [1.807, 2.05) is 30.3 Å². The highest BCUT2D eigenvalue weighted by atomic mass is 32.2. The lowest BCUT2D eigenvalue weighted by Gasteiger charge is -2.17. The van der Waals surface area contributed by atoms with Crippen LogP contribution in [0.15, 0.2) is 59.5 Å². The molecule has 32 heavy (non-hydrogen) atoms. The first-order valence-corrected chi connectivity index (χ1v) is 12.2. The monoisotopic (exact) mass is 472 g/mol. The molecule has 0 radical (unpaired) electrons. The Balaban J connectivity index is 1.47. The Labute approximate surface area is 191 Å². The van der Waals surface area contributed by atoms with Gasteiger partial charge in [0, 0.05) is 32.0 Å². The average Bonchev–Trinajstić information content (AvgIpc) is 3.20. The normalized spacial score (nSPS) is 11.5. The van der Waals surface area contributed by atoms with Gasteiger partial charge in [-0.1, -0.05) is 53.8 Å². The van der Waals surface area contributed by atoms with Crippen molar-refractivity contribution in [1.29, 1.82) is 0 Å². The molecule has 1 heterocycles. The van der Waals surface area contributed by atoms with Gasteiger partial charge in [-0.2, -0.15) is 0 Å². The van der Waals surface area contributed by atoms with Gasteiger partial charge in [-0.05, 0) is 31.0 Å². The van der Waals surface area contributed by atoms with Crippen LogP contribution in [0.2, 0.25) is 0 Å². The molecule has 1 amide bonds. The van der Waals surface area contributed by atoms with Crippen LogP contribution in [0.5, 0.6) is 0 Å². The van der Waals surface area contributed by atoms with E-state index in [1.165, 1.54) is 53.9 Å². The summed E-state index contributed by atoms with van der Waals surface area (Å²) in [5.41, 5.74) is 1.56. The standard InChI is InChI=1S/C22H24N4O4S2/c1-16(27)18-10-12-19(13-11-18)32(29,30)26(2)14-6-9-20(28)23-22-25-24-21(31-22)15-17-7-4-3-5-8-17/h3-5,7-8,10-13H,6,9,14-15H2,1-2H3,(H,23,25,28). The van der Waals surface area contributed by atoms with Gasteiger partial charge >= 0.3 is 0 Å². The molecular weight excluding hydrogens is 448 g/mol. The minimum absolute atomic E-state index is 0.106. The second-order valence-corrected chi connectivity index (χ2v) is 10.3. The molecular formula is C22H24N4O4S2. The van der Waals surface area contributed by atoms with Crippen molar-refractivity contribution in [3.63, 3.8) is 0 Å². The fourth-order valence-corrected chi connectivity index (χ4v) is 4.95. The van der Waals surface area contributed by atoms with Crippen molar-refractivity contribution in [2.45, 2.75) is 31.1 Å². The Morgan fingerprint density at radius 1 is 1.03 bits per heavy atom. The first-order chi connectivity index (χ1) is 15.3. The lowest BCUT2D eigenvalue weighted by Crippen LogP contribution is -2.28. The van der Waals surface area contributed by atoms with E-state index in [0.29, 0.717) is 23.5 Å². The van der Waals surface area contributed by atoms with Crippen molar-refractivity contribution in [1.82, 2.24) is 14.5 Å². The molecule has 8 nitrogen and oxygen atoms in total. The quantitative estimate of drug-likeness (QED) is 0.453. The number of amides is 1. The molecule has 0 fully saturated rings. The lowest BCUT2D eigenvalue weighted by molar-refractivity contribution is -0.116. The number of ketones is 1. The molecule has 0 aliphatic rings. The highest BCUT2D eigenvalue weighted by Crippen LogP contribution is 2.19. The first-order valence-electron chi connectivity index (χ1n) is 9.99. The molecule has 0 aliphatic carbocycles. The highest BCUT2D eigenvalue weighted by Gasteiger charge is 2.21. The summed E-state index contributed by atoms with van der Waals surface area (Å²) in [5.74, 6) is -0.375. The molecule has 0 saturated heterocycles. The predicted octanol–water partition coefficient (Wildman–Crippen LogP) is 3.37. The number of hydrogen-bond donors (Lipinski definition) is 1. The van der Waals surface area contributed by atoms with Crippen LogP contribution >= 0.6 is 11.3 Å². The molecule has 0 aliphatic heterocycles. The fourth-order valence-electron chi connectivity index (χ4n) is 2.95. The number of carbonyl (C=O) groups excluding carboxylic acids is 2. The smallest absolute Gasteiger partial charge is 0.242 e. The van der Waals surface area contributed by atoms with Gasteiger partial charge in [0.1, 0.15) is 5.01 Å². The van der Waals surface area contributed by atoms with Crippen LogP contribution in [-0.2, 0) is 21.2 Å². The number of sulfonamides is 1. The molecule has 2 aromatic carbocycles. The predicted molar refractivity (Wildman–Crippen MR) is 123 cm³/mol. The number of nitrogens with zero attached hydrogens (tertiary/aromatic N) is 3. The van der Waals surface area contributed by atoms with Crippen molar-refractivity contribution in [3.8, 4) is 0 Å². The van der Waals surface area contributed by atoms with Crippen LogP contribution in [0.4, 0.5) is 5.13 Å². The van der Waals surface area contributed by atoms with Gasteiger partial charge in [0.2, 0.25) is 21.1 Å². The van der Waals surface area contributed by atoms with Crippen molar-refractivity contribution < 1.29 is 18.0 Å². The summed E-state index contributed by atoms with van der Waals surface area (Å²) in [6.07, 6.45) is 1.14. The Morgan fingerprint density at radius 2 is 1.72 bits per heavy atom. The van der Waals surface area contributed by atoms with Crippen molar-refractivity contribution in [2.24, 2.45) is 0 Å². The number of carbonyl (C=O) groups is 2. The summed E-state index contributed by atoms with van der Waals surface area (Å²) < 4.78 is 26.5. The van der Waals surface area contributed by atoms with E-state index in [0.717, 1.165) is 10.6 Å². The Morgan fingerprint density at radius 3 is 2.38 bits per heavy atom. The second-order valence-electron chi connectivity index (χ2n) is 7.22. The largest absolute Gasteiger partial charge is 0.301 e. The second kappa shape index (κ2) is 10.6. The molecule has 0 bridgehead atoms. The molecule has 0 unspecified atom stereocenters. The minimum Gasteiger partial charge on any atom is -0.301 e. The molecule has 3 aromatic rings. The number of nitrogens with one attached hydrogen (secondary N) is 1. The number of aromatic nitrogens is 2. The van der Waals surface area contributed by atoms with Gasteiger partial charge in [0.15, 0.2) is 5.78 Å². The van der Waals surface area contributed by atoms with Crippen molar-refractivity contribution in [3.05, 3.63) is 70.7 Å². The van der Waals surface area contributed by atoms with Gasteiger partial charge < -0.3 is 5.32 Å². The zero-order valence-electron chi connectivity index (χ0n) is 17.8. The zero-order valence-corrected chi connectivity index (χ0v) is 19.4. The van der Waals surface area contributed by atoms with Crippen LogP contribution in [0, 0.1) is 0 Å². The van der Waals surface area contributed by atoms with E-state index in [9.17, 15) is 18.0 Å². The molecule has 3 rings (SSSR count). The number of Topliss-reactive ketones (excluding diaryl/α,β-unsaturated/α-hetero) is 1. The third kappa shape index (κ3) is 6.28. The van der Waals surface area contributed by atoms with E-state index in [4.69, 9.17) is 0 Å². The maximum atomic E-state index is 12.7. The van der Waals surface area contributed by atoms with Gasteiger partial charge in [-0.25, -0.2) is 12.7 Å². The number of anilines is 1. The molecule has 1 N–H and O–H groups in total. The molecule has 0 atom stereocenters. The van der Waals surface area contributed by atoms with Crippen LogP contribution in [0.25, 0.3) is 0 Å². The van der Waals surface area contributed by atoms with Gasteiger partial charge in [0.25, 0.3) is 0 Å². The number of benzene rings is 2. The summed E-state index contributed by atoms with van der Waals surface area (Å²) in [6, 6.07) is 15.7. The summed E-state index contributed by atoms with van der Waals surface area (Å²) in [7, 11) is -2.23. The first kappa shape index (κ1) is 23.7. The Bertz CT molecular complexity index is 1180. The van der Waals surface area contributed by atoms with Gasteiger partial charge in [-0.15, -0.1) is 10.2 Å². The fraction of sp³-hybridized carbons (Fsp3) is 0.273. The highest BCUT2D eigenvalue weighted by molar-refractivity contribution is 7.89. The molecule has 0 spiro atoms. The van der Waals surface area contributed by atoms with Crippen LogP contribution in [0.1, 0.15) is 40.7 Å². The number of rotatable bonds is 10. The third-order valence-corrected chi connectivity index (χ3v) is 7.47. The maximum absolute atomic E-state index is 12.7. The SMILES string of the molecule is CC(=O)c1ccc(S(=O)(=O)N(C)CCCC(=O)Nc2nnc(Cc3ccccc3)s2)cc1. The van der Waals surface area contributed by atoms with Crippen LogP contribution < -0.4 is 5.32 Å². The zero-order chi connectivity index (χ0) is 23.1. The third-order valence-electron chi connectivity index (χ3n) is 4.76. The van der Waals surface area contributed by atoms with E-state index >= 15 is 0 Å². The van der Waals surface area contributed by atoms with E-state index in [2.05, 4.69) is 15.5 Å².